The van der Waals surface area contributed by atoms with E-state index in [0.717, 1.165) is 22.3 Å². The molecule has 0 aliphatic carbocycles. The van der Waals surface area contributed by atoms with Gasteiger partial charge in [0.15, 0.2) is 0 Å². The number of para-hydroxylation sites is 1. The molecule has 0 bridgehead atoms. The maximum Gasteiger partial charge on any atom is 0.138 e. The summed E-state index contributed by atoms with van der Waals surface area (Å²) >= 11 is 0. The lowest BCUT2D eigenvalue weighted by Gasteiger charge is -1.98. The Morgan fingerprint density at radius 1 is 1.36 bits per heavy atom. The van der Waals surface area contributed by atoms with Crippen molar-refractivity contribution in [1.29, 1.82) is 0 Å². The average Bonchev–Trinajstić information content (AvgIpc) is 2.60. The molecule has 0 aliphatic heterocycles. The second-order valence-electron chi connectivity index (χ2n) is 3.84. The third-order valence-corrected chi connectivity index (χ3v) is 2.43. The second-order valence-corrected chi connectivity index (χ2v) is 3.84. The highest BCUT2D eigenvalue weighted by molar-refractivity contribution is 5.81. The molecule has 0 amide bonds. The number of fused-ring (bicyclic) bond motifs is 1. The summed E-state index contributed by atoms with van der Waals surface area (Å²) in [6, 6.07) is 8.18. The van der Waals surface area contributed by atoms with Gasteiger partial charge in [-0.1, -0.05) is 32.0 Å². The van der Waals surface area contributed by atoms with E-state index in [4.69, 9.17) is 10.2 Å². The van der Waals surface area contributed by atoms with Crippen molar-refractivity contribution in [2.24, 2.45) is 5.73 Å². The van der Waals surface area contributed by atoms with Crippen LogP contribution in [0.2, 0.25) is 0 Å². The summed E-state index contributed by atoms with van der Waals surface area (Å²) in [7, 11) is 0. The van der Waals surface area contributed by atoms with Crippen molar-refractivity contribution >= 4 is 11.0 Å². The minimum absolute atomic E-state index is 0.424. The maximum absolute atomic E-state index is 5.77. The predicted octanol–water partition coefficient (Wildman–Crippen LogP) is 3.01. The SMILES string of the molecule is CC(C)c1cc2cccc(CN)c2o1. The highest BCUT2D eigenvalue weighted by Crippen LogP contribution is 2.26. The Labute approximate surface area is 83.7 Å². The lowest BCUT2D eigenvalue weighted by molar-refractivity contribution is 0.519. The Morgan fingerprint density at radius 3 is 2.79 bits per heavy atom. The molecule has 0 aliphatic rings. The van der Waals surface area contributed by atoms with Crippen molar-refractivity contribution in [3.63, 3.8) is 0 Å². The van der Waals surface area contributed by atoms with Crippen LogP contribution in [0.3, 0.4) is 0 Å². The lowest BCUT2D eigenvalue weighted by atomic mass is 10.1. The first-order valence-corrected chi connectivity index (χ1v) is 4.93. The summed E-state index contributed by atoms with van der Waals surface area (Å²) in [6.07, 6.45) is 0. The molecule has 0 unspecified atom stereocenters. The molecule has 0 saturated heterocycles. The summed E-state index contributed by atoms with van der Waals surface area (Å²) in [4.78, 5) is 0. The van der Waals surface area contributed by atoms with Crippen molar-refractivity contribution < 1.29 is 4.42 Å². The van der Waals surface area contributed by atoms with Gasteiger partial charge < -0.3 is 10.2 Å². The molecule has 1 aromatic carbocycles. The van der Waals surface area contributed by atoms with Crippen LogP contribution >= 0.6 is 0 Å². The third kappa shape index (κ3) is 1.42. The highest BCUT2D eigenvalue weighted by atomic mass is 16.3. The van der Waals surface area contributed by atoms with E-state index in [1.54, 1.807) is 0 Å². The van der Waals surface area contributed by atoms with Gasteiger partial charge in [0, 0.05) is 23.4 Å². The van der Waals surface area contributed by atoms with Crippen LogP contribution in [0.15, 0.2) is 28.7 Å². The largest absolute Gasteiger partial charge is 0.460 e. The predicted molar refractivity (Wildman–Crippen MR) is 58.2 cm³/mol. The first-order valence-electron chi connectivity index (χ1n) is 4.93. The molecule has 0 saturated carbocycles. The van der Waals surface area contributed by atoms with Crippen molar-refractivity contribution in [3.8, 4) is 0 Å². The van der Waals surface area contributed by atoms with Gasteiger partial charge >= 0.3 is 0 Å². The van der Waals surface area contributed by atoms with E-state index in [1.165, 1.54) is 0 Å². The topological polar surface area (TPSA) is 39.2 Å². The molecule has 2 N–H and O–H groups in total. The quantitative estimate of drug-likeness (QED) is 0.788. The number of furan rings is 1. The summed E-state index contributed by atoms with van der Waals surface area (Å²) in [6.45, 7) is 4.78. The van der Waals surface area contributed by atoms with Crippen molar-refractivity contribution in [2.75, 3.05) is 0 Å². The Hall–Kier alpha value is -1.28. The molecule has 74 valence electrons. The van der Waals surface area contributed by atoms with Gasteiger partial charge in [0.05, 0.1) is 0 Å². The monoisotopic (exact) mass is 189 g/mol. The van der Waals surface area contributed by atoms with Gasteiger partial charge in [-0.05, 0) is 6.07 Å². The van der Waals surface area contributed by atoms with E-state index in [1.807, 2.05) is 12.1 Å². The molecule has 14 heavy (non-hydrogen) atoms. The van der Waals surface area contributed by atoms with Crippen LogP contribution in [-0.2, 0) is 6.54 Å². The van der Waals surface area contributed by atoms with Gasteiger partial charge in [-0.2, -0.15) is 0 Å². The first kappa shape index (κ1) is 9.28. The van der Waals surface area contributed by atoms with E-state index in [9.17, 15) is 0 Å². The number of rotatable bonds is 2. The van der Waals surface area contributed by atoms with Gasteiger partial charge in [-0.15, -0.1) is 0 Å². The third-order valence-electron chi connectivity index (χ3n) is 2.43. The second kappa shape index (κ2) is 3.46. The Morgan fingerprint density at radius 2 is 2.14 bits per heavy atom. The number of benzene rings is 1. The fourth-order valence-corrected chi connectivity index (χ4v) is 1.59. The molecular weight excluding hydrogens is 174 g/mol. The molecule has 0 atom stereocenters. The summed E-state index contributed by atoms with van der Waals surface area (Å²) in [5.41, 5.74) is 7.66. The average molecular weight is 189 g/mol. The van der Waals surface area contributed by atoms with E-state index < -0.39 is 0 Å². The standard InChI is InChI=1S/C12H15NO/c1-8(2)11-6-9-4-3-5-10(7-13)12(9)14-11/h3-6,8H,7,13H2,1-2H3. The summed E-state index contributed by atoms with van der Waals surface area (Å²) < 4.78 is 5.77. The van der Waals surface area contributed by atoms with Crippen LogP contribution in [0.5, 0.6) is 0 Å². The summed E-state index contributed by atoms with van der Waals surface area (Å²) in [5, 5.41) is 1.15. The van der Waals surface area contributed by atoms with Crippen LogP contribution in [0, 0.1) is 0 Å². The van der Waals surface area contributed by atoms with Crippen LogP contribution in [0.4, 0.5) is 0 Å². The zero-order valence-corrected chi connectivity index (χ0v) is 8.58. The summed E-state index contributed by atoms with van der Waals surface area (Å²) in [5.74, 6) is 1.45. The number of nitrogens with two attached hydrogens (primary N) is 1. The van der Waals surface area contributed by atoms with Crippen molar-refractivity contribution in [2.45, 2.75) is 26.3 Å². The first-order chi connectivity index (χ1) is 6.72. The van der Waals surface area contributed by atoms with Gasteiger partial charge in [-0.25, -0.2) is 0 Å². The van der Waals surface area contributed by atoms with E-state index in [2.05, 4.69) is 26.0 Å². The highest BCUT2D eigenvalue weighted by Gasteiger charge is 2.09. The lowest BCUT2D eigenvalue weighted by Crippen LogP contribution is -1.95. The Kier molecular flexibility index (Phi) is 2.30. The molecule has 2 aromatic rings. The fraction of sp³-hybridized carbons (Fsp3) is 0.333. The molecule has 1 aromatic heterocycles. The molecule has 0 fully saturated rings. The maximum atomic E-state index is 5.77. The molecule has 2 heteroatoms. The molecule has 2 rings (SSSR count). The molecule has 2 nitrogen and oxygen atoms in total. The normalized spacial score (nSPS) is 11.4. The van der Waals surface area contributed by atoms with Crippen molar-refractivity contribution in [1.82, 2.24) is 0 Å². The van der Waals surface area contributed by atoms with Crippen molar-refractivity contribution in [3.05, 3.63) is 35.6 Å². The Bertz CT molecular complexity index is 443. The smallest absolute Gasteiger partial charge is 0.138 e. The Balaban J connectivity index is 2.64. The van der Waals surface area contributed by atoms with Gasteiger partial charge in [0.1, 0.15) is 11.3 Å². The van der Waals surface area contributed by atoms with Gasteiger partial charge in [0.25, 0.3) is 0 Å². The molecule has 0 spiro atoms. The molecule has 0 radical (unpaired) electrons. The van der Waals surface area contributed by atoms with Crippen LogP contribution in [0.1, 0.15) is 31.1 Å². The minimum atomic E-state index is 0.424. The van der Waals surface area contributed by atoms with Gasteiger partial charge in [-0.3, -0.25) is 0 Å². The van der Waals surface area contributed by atoms with E-state index in [0.29, 0.717) is 12.5 Å². The number of hydrogen-bond acceptors (Lipinski definition) is 2. The fourth-order valence-electron chi connectivity index (χ4n) is 1.59. The van der Waals surface area contributed by atoms with E-state index in [-0.39, 0.29) is 0 Å². The zero-order chi connectivity index (χ0) is 10.1. The van der Waals surface area contributed by atoms with Gasteiger partial charge in [0.2, 0.25) is 0 Å². The molecule has 1 heterocycles. The van der Waals surface area contributed by atoms with E-state index >= 15 is 0 Å². The number of hydrogen-bond donors (Lipinski definition) is 1. The zero-order valence-electron chi connectivity index (χ0n) is 8.58. The minimum Gasteiger partial charge on any atom is -0.460 e. The molecular formula is C12H15NO. The van der Waals surface area contributed by atoms with Crippen LogP contribution in [0.25, 0.3) is 11.0 Å². The van der Waals surface area contributed by atoms with Crippen LogP contribution in [-0.4, -0.2) is 0 Å². The van der Waals surface area contributed by atoms with Crippen LogP contribution < -0.4 is 5.73 Å².